The Morgan fingerprint density at radius 2 is 1.83 bits per heavy atom. The predicted octanol–water partition coefficient (Wildman–Crippen LogP) is 3.42. The molecule has 1 saturated heterocycles. The lowest BCUT2D eigenvalue weighted by Gasteiger charge is -2.33. The number of fused-ring (bicyclic) bond motifs is 1. The highest BCUT2D eigenvalue weighted by molar-refractivity contribution is 9.10. The van der Waals surface area contributed by atoms with Crippen LogP contribution in [0, 0.1) is 0 Å². The van der Waals surface area contributed by atoms with Crippen molar-refractivity contribution in [2.45, 2.75) is 19.9 Å². The third-order valence-corrected chi connectivity index (χ3v) is 5.82. The fourth-order valence-corrected chi connectivity index (χ4v) is 4.12. The summed E-state index contributed by atoms with van der Waals surface area (Å²) in [5.41, 5.74) is 4.14. The van der Waals surface area contributed by atoms with E-state index in [2.05, 4.69) is 50.2 Å². The van der Waals surface area contributed by atoms with Gasteiger partial charge in [0.1, 0.15) is 5.65 Å². The van der Waals surface area contributed by atoms with E-state index in [9.17, 15) is 4.79 Å². The molecule has 1 N–H and O–H groups in total. The molecule has 0 aliphatic carbocycles. The first-order chi connectivity index (χ1) is 14.1. The first-order valence-corrected chi connectivity index (χ1v) is 10.9. The highest BCUT2D eigenvalue weighted by Crippen LogP contribution is 2.16. The van der Waals surface area contributed by atoms with Crippen LogP contribution in [0.3, 0.4) is 0 Å². The Labute approximate surface area is 179 Å². The van der Waals surface area contributed by atoms with E-state index in [0.29, 0.717) is 6.54 Å². The van der Waals surface area contributed by atoms with Crippen LogP contribution < -0.4 is 5.32 Å². The monoisotopic (exact) mass is 455 g/mol. The van der Waals surface area contributed by atoms with Crippen LogP contribution >= 0.6 is 15.9 Å². The molecule has 1 aliphatic heterocycles. The van der Waals surface area contributed by atoms with E-state index < -0.39 is 0 Å². The van der Waals surface area contributed by atoms with Gasteiger partial charge in [-0.15, -0.1) is 0 Å². The lowest BCUT2D eigenvalue weighted by Crippen LogP contribution is -2.48. The molecular formula is C22H26BrN5O. The molecule has 1 aliphatic rings. The van der Waals surface area contributed by atoms with E-state index in [1.54, 1.807) is 0 Å². The summed E-state index contributed by atoms with van der Waals surface area (Å²) in [7, 11) is 0. The van der Waals surface area contributed by atoms with Gasteiger partial charge >= 0.3 is 0 Å². The summed E-state index contributed by atoms with van der Waals surface area (Å²) in [6.45, 7) is 7.04. The smallest absolute Gasteiger partial charge is 0.238 e. The maximum absolute atomic E-state index is 12.5. The minimum Gasteiger partial charge on any atom is -0.325 e. The Hall–Kier alpha value is -2.22. The number of carbonyl (C=O) groups excluding carboxylic acids is 1. The van der Waals surface area contributed by atoms with Crippen LogP contribution in [0.5, 0.6) is 0 Å². The van der Waals surface area contributed by atoms with Gasteiger partial charge in [-0.3, -0.25) is 14.6 Å². The second-order valence-corrected chi connectivity index (χ2v) is 8.37. The van der Waals surface area contributed by atoms with Gasteiger partial charge in [0.25, 0.3) is 0 Å². The summed E-state index contributed by atoms with van der Waals surface area (Å²) in [6.07, 6.45) is 5.03. The molecule has 6 nitrogen and oxygen atoms in total. The third kappa shape index (κ3) is 5.04. The number of imidazole rings is 1. The quantitative estimate of drug-likeness (QED) is 0.618. The number of aryl methyl sites for hydroxylation is 1. The van der Waals surface area contributed by atoms with Crippen LogP contribution in [-0.4, -0.2) is 57.8 Å². The van der Waals surface area contributed by atoms with Crippen LogP contribution in [0.2, 0.25) is 0 Å². The molecule has 29 heavy (non-hydrogen) atoms. The maximum atomic E-state index is 12.5. The minimum absolute atomic E-state index is 0.0604. The molecule has 3 aromatic rings. The average Bonchev–Trinajstić information content (AvgIpc) is 3.11. The van der Waals surface area contributed by atoms with Crippen molar-refractivity contribution >= 4 is 33.2 Å². The molecule has 7 heteroatoms. The first-order valence-electron chi connectivity index (χ1n) is 10.1. The summed E-state index contributed by atoms with van der Waals surface area (Å²) >= 11 is 3.50. The number of amides is 1. The fourth-order valence-electron chi connectivity index (χ4n) is 3.77. The molecule has 2 aromatic heterocycles. The van der Waals surface area contributed by atoms with Crippen molar-refractivity contribution in [1.29, 1.82) is 0 Å². The Morgan fingerprint density at radius 1 is 1.07 bits per heavy atom. The van der Waals surface area contributed by atoms with Gasteiger partial charge in [-0.25, -0.2) is 4.98 Å². The number of hydrogen-bond donors (Lipinski definition) is 1. The fraction of sp³-hybridized carbons (Fsp3) is 0.364. The maximum Gasteiger partial charge on any atom is 0.238 e. The van der Waals surface area contributed by atoms with Crippen LogP contribution in [-0.2, 0) is 17.8 Å². The molecule has 0 spiro atoms. The lowest BCUT2D eigenvalue weighted by molar-refractivity contribution is -0.117. The van der Waals surface area contributed by atoms with E-state index in [-0.39, 0.29) is 5.91 Å². The van der Waals surface area contributed by atoms with Crippen LogP contribution in [0.25, 0.3) is 5.65 Å². The van der Waals surface area contributed by atoms with Gasteiger partial charge in [0, 0.05) is 55.3 Å². The van der Waals surface area contributed by atoms with Crippen LogP contribution in [0.4, 0.5) is 5.69 Å². The minimum atomic E-state index is 0.0604. The molecule has 3 heterocycles. The topological polar surface area (TPSA) is 52.9 Å². The van der Waals surface area contributed by atoms with E-state index in [1.807, 2.05) is 40.9 Å². The van der Waals surface area contributed by atoms with E-state index in [0.717, 1.165) is 60.6 Å². The number of benzene rings is 1. The number of aromatic nitrogens is 2. The Balaban J connectivity index is 1.27. The largest absolute Gasteiger partial charge is 0.325 e. The molecule has 1 aromatic carbocycles. The lowest BCUT2D eigenvalue weighted by atomic mass is 10.1. The molecule has 0 radical (unpaired) electrons. The number of nitrogens with one attached hydrogen (secondary N) is 1. The normalized spacial score (nSPS) is 15.7. The van der Waals surface area contributed by atoms with E-state index in [4.69, 9.17) is 4.98 Å². The van der Waals surface area contributed by atoms with Crippen LogP contribution in [0.15, 0.2) is 53.3 Å². The Bertz CT molecular complexity index is 994. The van der Waals surface area contributed by atoms with Gasteiger partial charge in [-0.1, -0.05) is 25.1 Å². The highest BCUT2D eigenvalue weighted by Gasteiger charge is 2.20. The number of hydrogen-bond acceptors (Lipinski definition) is 4. The predicted molar refractivity (Wildman–Crippen MR) is 119 cm³/mol. The highest BCUT2D eigenvalue weighted by atomic mass is 79.9. The summed E-state index contributed by atoms with van der Waals surface area (Å²) in [6, 6.07) is 12.0. The number of para-hydroxylation sites is 1. The molecular weight excluding hydrogens is 430 g/mol. The summed E-state index contributed by atoms with van der Waals surface area (Å²) in [5, 5.41) is 3.07. The summed E-state index contributed by atoms with van der Waals surface area (Å²) < 4.78 is 3.09. The van der Waals surface area contributed by atoms with Crippen molar-refractivity contribution in [1.82, 2.24) is 19.2 Å². The van der Waals surface area contributed by atoms with Crippen LogP contribution in [0.1, 0.15) is 18.2 Å². The summed E-state index contributed by atoms with van der Waals surface area (Å²) in [4.78, 5) is 21.8. The zero-order valence-electron chi connectivity index (χ0n) is 16.6. The average molecular weight is 456 g/mol. The molecule has 0 atom stereocenters. The third-order valence-electron chi connectivity index (χ3n) is 5.35. The van der Waals surface area contributed by atoms with Gasteiger partial charge in [0.2, 0.25) is 5.91 Å². The number of nitrogens with zero attached hydrogens (tertiary/aromatic N) is 4. The van der Waals surface area contributed by atoms with Gasteiger partial charge in [0.05, 0.1) is 12.2 Å². The van der Waals surface area contributed by atoms with E-state index in [1.165, 1.54) is 5.56 Å². The number of piperazine rings is 1. The standard InChI is InChI=1S/C22H26BrN5O/c1-2-17-5-3-4-6-20(17)25-22(29)16-27-11-9-26(10-12-27)14-19-15-28-13-18(23)7-8-21(28)24-19/h3-8,13,15H,2,9-12,14,16H2,1H3,(H,25,29). The molecule has 0 unspecified atom stereocenters. The number of pyridine rings is 1. The van der Waals surface area contributed by atoms with Gasteiger partial charge in [-0.05, 0) is 46.1 Å². The number of carbonyl (C=O) groups is 1. The molecule has 152 valence electrons. The first kappa shape index (κ1) is 20.1. The Morgan fingerprint density at radius 3 is 2.62 bits per heavy atom. The van der Waals surface area contributed by atoms with Crippen molar-refractivity contribution in [3.63, 3.8) is 0 Å². The zero-order valence-corrected chi connectivity index (χ0v) is 18.2. The van der Waals surface area contributed by atoms with Crippen molar-refractivity contribution in [2.75, 3.05) is 38.0 Å². The molecule has 1 amide bonds. The number of halogens is 1. The molecule has 1 fully saturated rings. The zero-order chi connectivity index (χ0) is 20.2. The SMILES string of the molecule is CCc1ccccc1NC(=O)CN1CCN(Cc2cn3cc(Br)ccc3n2)CC1. The van der Waals surface area contributed by atoms with Crippen molar-refractivity contribution in [3.05, 3.63) is 64.5 Å². The van der Waals surface area contributed by atoms with Gasteiger partial charge in [-0.2, -0.15) is 0 Å². The van der Waals surface area contributed by atoms with Crippen molar-refractivity contribution in [2.24, 2.45) is 0 Å². The Kier molecular flexibility index (Phi) is 6.28. The summed E-state index contributed by atoms with van der Waals surface area (Å²) in [5.74, 6) is 0.0604. The molecule has 4 rings (SSSR count). The second-order valence-electron chi connectivity index (χ2n) is 7.46. The molecule has 0 bridgehead atoms. The van der Waals surface area contributed by atoms with E-state index >= 15 is 0 Å². The number of anilines is 1. The number of rotatable bonds is 6. The van der Waals surface area contributed by atoms with Gasteiger partial charge in [0.15, 0.2) is 0 Å². The second kappa shape index (κ2) is 9.07. The van der Waals surface area contributed by atoms with Crippen molar-refractivity contribution in [3.8, 4) is 0 Å². The molecule has 0 saturated carbocycles. The van der Waals surface area contributed by atoms with Crippen molar-refractivity contribution < 1.29 is 4.79 Å². The van der Waals surface area contributed by atoms with Gasteiger partial charge < -0.3 is 9.72 Å².